The van der Waals surface area contributed by atoms with Crippen LogP contribution in [0.25, 0.3) is 0 Å². The fourth-order valence-corrected chi connectivity index (χ4v) is 1.09. The quantitative estimate of drug-likeness (QED) is 0.740. The molecule has 1 rings (SSSR count). The Morgan fingerprint density at radius 3 is 2.69 bits per heavy atom. The third-order valence-electron chi connectivity index (χ3n) is 2.31. The molecule has 0 atom stereocenters. The Balaban J connectivity index is 2.93. The Bertz CT molecular complexity index is 265. The van der Waals surface area contributed by atoms with E-state index < -0.39 is 0 Å². The summed E-state index contributed by atoms with van der Waals surface area (Å²) in [6.07, 6.45) is 1.01. The molecule has 0 aliphatic heterocycles. The third kappa shape index (κ3) is 2.03. The number of rotatable bonds is 4. The highest BCUT2D eigenvalue weighted by Crippen LogP contribution is 2.18. The molecule has 1 aromatic heterocycles. The number of nitrogens with zero attached hydrogens (tertiary/aromatic N) is 4. The number of hydrogen-bond donors (Lipinski definition) is 1. The van der Waals surface area contributed by atoms with Gasteiger partial charge in [0, 0.05) is 0 Å². The van der Waals surface area contributed by atoms with E-state index >= 15 is 0 Å². The first-order valence-corrected chi connectivity index (χ1v) is 4.54. The average Bonchev–Trinajstić information content (AvgIpc) is 2.54. The molecule has 0 spiro atoms. The first-order valence-electron chi connectivity index (χ1n) is 4.54. The molecule has 0 unspecified atom stereocenters. The van der Waals surface area contributed by atoms with Crippen molar-refractivity contribution in [3.8, 4) is 0 Å². The summed E-state index contributed by atoms with van der Waals surface area (Å²) in [7, 11) is 1.89. The average molecular weight is 183 g/mol. The van der Waals surface area contributed by atoms with Crippen molar-refractivity contribution in [1.82, 2.24) is 25.5 Å². The summed E-state index contributed by atoms with van der Waals surface area (Å²) in [5, 5.41) is 14.7. The number of tetrazole rings is 1. The first kappa shape index (κ1) is 10.1. The van der Waals surface area contributed by atoms with E-state index in [0.29, 0.717) is 6.54 Å². The van der Waals surface area contributed by atoms with Crippen molar-refractivity contribution in [1.29, 1.82) is 0 Å². The Morgan fingerprint density at radius 2 is 2.15 bits per heavy atom. The molecule has 13 heavy (non-hydrogen) atoms. The van der Waals surface area contributed by atoms with Gasteiger partial charge in [0.2, 0.25) is 0 Å². The summed E-state index contributed by atoms with van der Waals surface area (Å²) in [6, 6.07) is 0. The van der Waals surface area contributed by atoms with Crippen LogP contribution >= 0.6 is 0 Å². The molecule has 0 bridgehead atoms. The fourth-order valence-electron chi connectivity index (χ4n) is 1.09. The lowest BCUT2D eigenvalue weighted by molar-refractivity contribution is 0.290. The molecular weight excluding hydrogens is 166 g/mol. The van der Waals surface area contributed by atoms with Crippen molar-refractivity contribution in [3.63, 3.8) is 0 Å². The van der Waals surface area contributed by atoms with Crippen LogP contribution in [0.3, 0.4) is 0 Å². The van der Waals surface area contributed by atoms with Crippen molar-refractivity contribution < 1.29 is 0 Å². The molecule has 1 aromatic rings. The van der Waals surface area contributed by atoms with Gasteiger partial charge >= 0.3 is 0 Å². The van der Waals surface area contributed by atoms with Gasteiger partial charge in [-0.25, -0.2) is 4.68 Å². The van der Waals surface area contributed by atoms with Crippen LogP contribution in [0, 0.1) is 0 Å². The summed E-state index contributed by atoms with van der Waals surface area (Å²) in [4.78, 5) is 0. The minimum atomic E-state index is -0.00428. The minimum absolute atomic E-state index is 0.00428. The Labute approximate surface area is 78.5 Å². The summed E-state index contributed by atoms with van der Waals surface area (Å²) in [5.41, 5.74) is -0.00428. The fraction of sp³-hybridized carbons (Fsp3) is 0.875. The SMILES string of the molecule is CCC(C)(C)n1nnnc1CNC. The molecule has 0 aromatic carbocycles. The van der Waals surface area contributed by atoms with Crippen LogP contribution in [0.4, 0.5) is 0 Å². The highest BCUT2D eigenvalue weighted by Gasteiger charge is 2.22. The van der Waals surface area contributed by atoms with Crippen molar-refractivity contribution in [2.24, 2.45) is 0 Å². The topological polar surface area (TPSA) is 55.6 Å². The van der Waals surface area contributed by atoms with Crippen molar-refractivity contribution >= 4 is 0 Å². The van der Waals surface area contributed by atoms with Gasteiger partial charge in [0.1, 0.15) is 0 Å². The van der Waals surface area contributed by atoms with Gasteiger partial charge in [-0.2, -0.15) is 0 Å². The predicted octanol–water partition coefficient (Wildman–Crippen LogP) is 0.538. The smallest absolute Gasteiger partial charge is 0.165 e. The Kier molecular flexibility index (Phi) is 2.98. The van der Waals surface area contributed by atoms with Gasteiger partial charge in [0.25, 0.3) is 0 Å². The molecule has 5 nitrogen and oxygen atoms in total. The second-order valence-electron chi connectivity index (χ2n) is 3.70. The standard InChI is InChI=1S/C8H17N5/c1-5-8(2,3)13-7(6-9-4)10-11-12-13/h9H,5-6H2,1-4H3. The van der Waals surface area contributed by atoms with E-state index in [0.717, 1.165) is 12.2 Å². The second kappa shape index (κ2) is 3.83. The molecule has 0 radical (unpaired) electrons. The molecule has 0 aliphatic rings. The van der Waals surface area contributed by atoms with E-state index in [9.17, 15) is 0 Å². The Hall–Kier alpha value is -0.970. The molecule has 5 heteroatoms. The van der Waals surface area contributed by atoms with E-state index in [4.69, 9.17) is 0 Å². The maximum absolute atomic E-state index is 3.99. The van der Waals surface area contributed by atoms with E-state index in [1.165, 1.54) is 0 Å². The zero-order valence-corrected chi connectivity index (χ0v) is 8.70. The highest BCUT2D eigenvalue weighted by atomic mass is 15.6. The molecule has 0 amide bonds. The normalized spacial score (nSPS) is 12.0. The lowest BCUT2D eigenvalue weighted by atomic mass is 10.0. The number of nitrogens with one attached hydrogen (secondary N) is 1. The minimum Gasteiger partial charge on any atom is -0.313 e. The van der Waals surface area contributed by atoms with Gasteiger partial charge in [0.05, 0.1) is 12.1 Å². The zero-order valence-electron chi connectivity index (χ0n) is 8.70. The van der Waals surface area contributed by atoms with Gasteiger partial charge in [-0.15, -0.1) is 5.10 Å². The predicted molar refractivity (Wildman–Crippen MR) is 50.2 cm³/mol. The van der Waals surface area contributed by atoms with E-state index in [2.05, 4.69) is 41.6 Å². The second-order valence-corrected chi connectivity index (χ2v) is 3.70. The van der Waals surface area contributed by atoms with Crippen LogP contribution in [0.15, 0.2) is 0 Å². The van der Waals surface area contributed by atoms with Crippen molar-refractivity contribution in [2.45, 2.75) is 39.3 Å². The monoisotopic (exact) mass is 183 g/mol. The van der Waals surface area contributed by atoms with Gasteiger partial charge in [-0.3, -0.25) is 0 Å². The van der Waals surface area contributed by atoms with Gasteiger partial charge in [-0.1, -0.05) is 6.92 Å². The molecule has 1 N–H and O–H groups in total. The van der Waals surface area contributed by atoms with Crippen LogP contribution in [0.1, 0.15) is 33.0 Å². The summed E-state index contributed by atoms with van der Waals surface area (Å²) in [6.45, 7) is 7.09. The first-order chi connectivity index (χ1) is 6.11. The van der Waals surface area contributed by atoms with Crippen LogP contribution in [-0.4, -0.2) is 27.3 Å². The molecule has 0 saturated carbocycles. The molecule has 0 saturated heterocycles. The molecule has 0 fully saturated rings. The summed E-state index contributed by atoms with van der Waals surface area (Å²) < 4.78 is 1.88. The third-order valence-corrected chi connectivity index (χ3v) is 2.31. The van der Waals surface area contributed by atoms with E-state index in [1.54, 1.807) is 0 Å². The van der Waals surface area contributed by atoms with Gasteiger partial charge in [0.15, 0.2) is 5.82 Å². The van der Waals surface area contributed by atoms with Gasteiger partial charge in [-0.05, 0) is 37.7 Å². The Morgan fingerprint density at radius 1 is 1.46 bits per heavy atom. The number of hydrogen-bond acceptors (Lipinski definition) is 4. The van der Waals surface area contributed by atoms with Gasteiger partial charge < -0.3 is 5.32 Å². The lowest BCUT2D eigenvalue weighted by Crippen LogP contribution is -2.30. The van der Waals surface area contributed by atoms with Crippen molar-refractivity contribution in [3.05, 3.63) is 5.82 Å². The summed E-state index contributed by atoms with van der Waals surface area (Å²) in [5.74, 6) is 0.884. The molecule has 74 valence electrons. The highest BCUT2D eigenvalue weighted by molar-refractivity contribution is 4.87. The lowest BCUT2D eigenvalue weighted by Gasteiger charge is -2.23. The number of aromatic nitrogens is 4. The summed E-state index contributed by atoms with van der Waals surface area (Å²) >= 11 is 0. The molecule has 1 heterocycles. The molecule has 0 aliphatic carbocycles. The van der Waals surface area contributed by atoms with Crippen LogP contribution < -0.4 is 5.32 Å². The van der Waals surface area contributed by atoms with E-state index in [1.807, 2.05) is 11.7 Å². The van der Waals surface area contributed by atoms with Crippen LogP contribution in [0.2, 0.25) is 0 Å². The maximum atomic E-state index is 3.99. The zero-order chi connectivity index (χ0) is 9.90. The van der Waals surface area contributed by atoms with Crippen molar-refractivity contribution in [2.75, 3.05) is 7.05 Å². The molecular formula is C8H17N5. The largest absolute Gasteiger partial charge is 0.313 e. The van der Waals surface area contributed by atoms with Crippen LogP contribution in [-0.2, 0) is 12.1 Å². The maximum Gasteiger partial charge on any atom is 0.165 e. The van der Waals surface area contributed by atoms with Crippen LogP contribution in [0.5, 0.6) is 0 Å². The van der Waals surface area contributed by atoms with E-state index in [-0.39, 0.29) is 5.54 Å².